The van der Waals surface area contributed by atoms with E-state index in [4.69, 9.17) is 9.47 Å². The second-order valence-electron chi connectivity index (χ2n) is 9.70. The van der Waals surface area contributed by atoms with Crippen LogP contribution in [0.1, 0.15) is 65.2 Å². The Morgan fingerprint density at radius 2 is 1.76 bits per heavy atom. The molecule has 4 saturated carbocycles. The highest BCUT2D eigenvalue weighted by Gasteiger charge is 2.63. The van der Waals surface area contributed by atoms with Crippen molar-refractivity contribution in [3.05, 3.63) is 0 Å². The summed E-state index contributed by atoms with van der Waals surface area (Å²) in [5.41, 5.74) is 1.36. The summed E-state index contributed by atoms with van der Waals surface area (Å²) in [5, 5.41) is 13.3. The smallest absolute Gasteiger partial charge is 0.0633 e. The quantitative estimate of drug-likeness (QED) is 0.590. The molecule has 4 aliphatic rings. The van der Waals surface area contributed by atoms with E-state index in [1.807, 2.05) is 14.2 Å². The van der Waals surface area contributed by atoms with Crippen molar-refractivity contribution >= 4 is 5.71 Å². The zero-order valence-corrected chi connectivity index (χ0v) is 16.3. The highest BCUT2D eigenvalue weighted by molar-refractivity contribution is 5.92. The molecule has 0 spiro atoms. The van der Waals surface area contributed by atoms with Gasteiger partial charge in [-0.25, -0.2) is 0 Å². The van der Waals surface area contributed by atoms with Crippen LogP contribution >= 0.6 is 0 Å². The van der Waals surface area contributed by atoms with E-state index in [-0.39, 0.29) is 11.5 Å². The van der Waals surface area contributed by atoms with Crippen LogP contribution in [0.3, 0.4) is 0 Å². The van der Waals surface area contributed by atoms with Crippen LogP contribution in [0.5, 0.6) is 0 Å². The Hall–Kier alpha value is -0.610. The number of oxime groups is 1. The minimum Gasteiger partial charge on any atom is -0.411 e. The molecule has 142 valence electrons. The van der Waals surface area contributed by atoms with Crippen molar-refractivity contribution in [1.29, 1.82) is 0 Å². The summed E-state index contributed by atoms with van der Waals surface area (Å²) in [6.07, 6.45) is 10.2. The van der Waals surface area contributed by atoms with Crippen molar-refractivity contribution in [3.63, 3.8) is 0 Å². The van der Waals surface area contributed by atoms with Gasteiger partial charge in [-0.1, -0.05) is 19.0 Å². The first-order chi connectivity index (χ1) is 12.0. The van der Waals surface area contributed by atoms with Gasteiger partial charge in [0.1, 0.15) is 0 Å². The minimum atomic E-state index is 0.0229. The molecule has 4 nitrogen and oxygen atoms in total. The summed E-state index contributed by atoms with van der Waals surface area (Å²) in [6.45, 7) is 4.86. The zero-order chi connectivity index (χ0) is 17.8. The molecule has 4 aliphatic carbocycles. The fourth-order valence-electron chi connectivity index (χ4n) is 7.78. The highest BCUT2D eigenvalue weighted by Crippen LogP contribution is 2.66. The molecule has 1 N–H and O–H groups in total. The van der Waals surface area contributed by atoms with Gasteiger partial charge in [-0.15, -0.1) is 0 Å². The van der Waals surface area contributed by atoms with Crippen molar-refractivity contribution < 1.29 is 14.7 Å². The van der Waals surface area contributed by atoms with Crippen LogP contribution in [0, 0.1) is 34.5 Å². The molecule has 4 rings (SSSR count). The number of methoxy groups -OCH3 is 2. The summed E-state index contributed by atoms with van der Waals surface area (Å²) in [5.74, 6) is 2.77. The third-order valence-electron chi connectivity index (χ3n) is 8.98. The molecule has 0 radical (unpaired) electrons. The Kier molecular flexibility index (Phi) is 4.43. The Labute approximate surface area is 152 Å². The maximum Gasteiger partial charge on any atom is 0.0633 e. The summed E-state index contributed by atoms with van der Waals surface area (Å²) in [6, 6.07) is 0. The molecule has 0 aromatic carbocycles. The lowest BCUT2D eigenvalue weighted by molar-refractivity contribution is -0.177. The van der Waals surface area contributed by atoms with E-state index in [2.05, 4.69) is 19.0 Å². The van der Waals surface area contributed by atoms with Crippen molar-refractivity contribution in [2.24, 2.45) is 39.7 Å². The van der Waals surface area contributed by atoms with Crippen LogP contribution in [-0.4, -0.2) is 37.3 Å². The van der Waals surface area contributed by atoms with Crippen LogP contribution in [-0.2, 0) is 9.47 Å². The van der Waals surface area contributed by atoms with E-state index in [1.165, 1.54) is 38.5 Å². The largest absolute Gasteiger partial charge is 0.411 e. The molecular formula is C21H35NO3. The van der Waals surface area contributed by atoms with Gasteiger partial charge in [-0.2, -0.15) is 0 Å². The first-order valence-electron chi connectivity index (χ1n) is 10.2. The van der Waals surface area contributed by atoms with Gasteiger partial charge in [0.05, 0.1) is 17.9 Å². The number of hydrogen-bond donors (Lipinski definition) is 1. The topological polar surface area (TPSA) is 51.0 Å². The summed E-state index contributed by atoms with van der Waals surface area (Å²) < 4.78 is 11.9. The maximum absolute atomic E-state index is 9.56. The number of ether oxygens (including phenoxy) is 2. The van der Waals surface area contributed by atoms with Crippen molar-refractivity contribution in [2.45, 2.75) is 77.4 Å². The average Bonchev–Trinajstić information content (AvgIpc) is 2.95. The van der Waals surface area contributed by atoms with Gasteiger partial charge in [0.25, 0.3) is 0 Å². The predicted octanol–water partition coefficient (Wildman–Crippen LogP) is 4.50. The van der Waals surface area contributed by atoms with Crippen LogP contribution in [0.2, 0.25) is 0 Å². The molecule has 8 unspecified atom stereocenters. The maximum atomic E-state index is 9.56. The molecule has 0 heterocycles. The molecule has 8 atom stereocenters. The number of fused-ring (bicyclic) bond motifs is 5. The fraction of sp³-hybridized carbons (Fsp3) is 0.952. The van der Waals surface area contributed by atoms with Crippen LogP contribution in [0.4, 0.5) is 0 Å². The standard InChI is InChI=1S/C21H35NO3/c1-20-11-14(24-3)7-5-13(20)6-8-15-16-9-10-18(22-23)21(16,2)12-17(25-4)19(15)20/h13-17,19,23H,5-12H2,1-4H3/b22-18+. The zero-order valence-electron chi connectivity index (χ0n) is 16.3. The summed E-state index contributed by atoms with van der Waals surface area (Å²) in [7, 11) is 3.76. The van der Waals surface area contributed by atoms with Crippen LogP contribution in [0.15, 0.2) is 5.16 Å². The Balaban J connectivity index is 1.71. The highest BCUT2D eigenvalue weighted by atomic mass is 16.5. The van der Waals surface area contributed by atoms with Gasteiger partial charge in [0, 0.05) is 19.6 Å². The van der Waals surface area contributed by atoms with Gasteiger partial charge in [-0.05, 0) is 80.5 Å². The van der Waals surface area contributed by atoms with E-state index in [9.17, 15) is 5.21 Å². The molecule has 0 aliphatic heterocycles. The van der Waals surface area contributed by atoms with Gasteiger partial charge >= 0.3 is 0 Å². The second-order valence-corrected chi connectivity index (χ2v) is 9.70. The second kappa shape index (κ2) is 6.23. The fourth-order valence-corrected chi connectivity index (χ4v) is 7.78. The van der Waals surface area contributed by atoms with E-state index in [0.29, 0.717) is 29.3 Å². The normalized spacial score (nSPS) is 54.0. The van der Waals surface area contributed by atoms with E-state index in [1.54, 1.807) is 0 Å². The van der Waals surface area contributed by atoms with Crippen molar-refractivity contribution in [1.82, 2.24) is 0 Å². The number of nitrogens with zero attached hydrogens (tertiary/aromatic N) is 1. The molecular weight excluding hydrogens is 314 g/mol. The molecule has 0 aromatic rings. The van der Waals surface area contributed by atoms with E-state index < -0.39 is 0 Å². The molecule has 25 heavy (non-hydrogen) atoms. The molecule has 0 saturated heterocycles. The summed E-state index contributed by atoms with van der Waals surface area (Å²) >= 11 is 0. The average molecular weight is 350 g/mol. The minimum absolute atomic E-state index is 0.0229. The molecule has 4 heteroatoms. The lowest BCUT2D eigenvalue weighted by Gasteiger charge is -2.62. The van der Waals surface area contributed by atoms with Crippen LogP contribution < -0.4 is 0 Å². The van der Waals surface area contributed by atoms with E-state index in [0.717, 1.165) is 24.5 Å². The van der Waals surface area contributed by atoms with E-state index >= 15 is 0 Å². The summed E-state index contributed by atoms with van der Waals surface area (Å²) in [4.78, 5) is 0. The Morgan fingerprint density at radius 3 is 2.44 bits per heavy atom. The third-order valence-corrected chi connectivity index (χ3v) is 8.98. The lowest BCUT2D eigenvalue weighted by Crippen LogP contribution is -2.60. The molecule has 0 amide bonds. The molecule has 0 aromatic heterocycles. The van der Waals surface area contributed by atoms with Gasteiger partial charge < -0.3 is 14.7 Å². The predicted molar refractivity (Wildman–Crippen MR) is 97.9 cm³/mol. The SMILES string of the molecule is COC1CCC2CCC3C4CC/C(=N\O)C4(C)CC(OC)C3C2(C)C1. The molecule has 4 fully saturated rings. The number of hydrogen-bond acceptors (Lipinski definition) is 4. The Morgan fingerprint density at radius 1 is 1.00 bits per heavy atom. The first-order valence-corrected chi connectivity index (χ1v) is 10.2. The van der Waals surface area contributed by atoms with Gasteiger partial charge in [0.2, 0.25) is 0 Å². The van der Waals surface area contributed by atoms with Crippen molar-refractivity contribution in [3.8, 4) is 0 Å². The molecule has 0 bridgehead atoms. The Bertz CT molecular complexity index is 549. The van der Waals surface area contributed by atoms with Crippen LogP contribution in [0.25, 0.3) is 0 Å². The van der Waals surface area contributed by atoms with Crippen molar-refractivity contribution in [2.75, 3.05) is 14.2 Å². The number of rotatable bonds is 2. The lowest BCUT2D eigenvalue weighted by atomic mass is 9.44. The van der Waals surface area contributed by atoms with Gasteiger partial charge in [-0.3, -0.25) is 0 Å². The monoisotopic (exact) mass is 349 g/mol. The van der Waals surface area contributed by atoms with Gasteiger partial charge in [0.15, 0.2) is 0 Å². The first kappa shape index (κ1) is 17.8. The third kappa shape index (κ3) is 2.43.